The summed E-state index contributed by atoms with van der Waals surface area (Å²) in [6.07, 6.45) is 3.72. The van der Waals surface area contributed by atoms with Crippen LogP contribution in [-0.4, -0.2) is 118 Å². The van der Waals surface area contributed by atoms with Crippen LogP contribution in [0.5, 0.6) is 0 Å². The van der Waals surface area contributed by atoms with Gasteiger partial charge in [-0.1, -0.05) is 37.6 Å². The first kappa shape index (κ1) is 59.6. The van der Waals surface area contributed by atoms with Gasteiger partial charge in [-0.2, -0.15) is 9.97 Å². The summed E-state index contributed by atoms with van der Waals surface area (Å²) >= 11 is 5.82. The van der Waals surface area contributed by atoms with Crippen molar-refractivity contribution in [1.82, 2.24) is 61.1 Å². The van der Waals surface area contributed by atoms with Gasteiger partial charge in [-0.3, -0.25) is 24.4 Å². The van der Waals surface area contributed by atoms with Crippen molar-refractivity contribution >= 4 is 112 Å². The molecule has 0 aliphatic carbocycles. The number of benzene rings is 2. The van der Waals surface area contributed by atoms with E-state index in [1.54, 1.807) is 48.5 Å². The fourth-order valence-electron chi connectivity index (χ4n) is 6.60. The molecule has 0 bridgehead atoms. The molecule has 0 spiro atoms. The monoisotopic (exact) mass is 1120 g/mol. The predicted octanol–water partition coefficient (Wildman–Crippen LogP) is -0.111. The average Bonchev–Trinajstić information content (AvgIpc) is 3.39. The van der Waals surface area contributed by atoms with Gasteiger partial charge in [0.1, 0.15) is 17.7 Å². The molecule has 4 amide bonds. The molecule has 0 aliphatic rings. The Morgan fingerprint density at radius 2 is 1.18 bits per heavy atom. The van der Waals surface area contributed by atoms with E-state index in [0.717, 1.165) is 11.1 Å². The molecule has 4 aromatic heterocycles. The Hall–Kier alpha value is -9.32. The quantitative estimate of drug-likeness (QED) is 0.0191. The van der Waals surface area contributed by atoms with E-state index in [4.69, 9.17) is 47.9 Å². The SMILES string of the molecule is CCCC(NC(=O)c1ccc(CNc2cnc3nc(N)[nH]c(=O)c3n2)cc1)C(=O)O.Nc1nc2ncc(NCc3ccc(C(=O)NC(C=O)CCC(=O)NCCC(=O)OP(N)(N)(Cl)OC(=O)CCNC=O)cc3)nc2c(=O)[nH]1. The van der Waals surface area contributed by atoms with Crippen molar-refractivity contribution < 1.29 is 52.5 Å². The summed E-state index contributed by atoms with van der Waals surface area (Å²) in [5, 5.41) is 24.9. The van der Waals surface area contributed by atoms with Crippen LogP contribution in [0.25, 0.3) is 22.3 Å². The number of aldehydes is 1. The van der Waals surface area contributed by atoms with E-state index in [9.17, 15) is 47.9 Å². The number of rotatable bonds is 26. The fourth-order valence-corrected chi connectivity index (χ4v) is 8.08. The van der Waals surface area contributed by atoms with E-state index < -0.39 is 72.0 Å². The maximum absolute atomic E-state index is 12.7. The Balaban J connectivity index is 0.000000319. The summed E-state index contributed by atoms with van der Waals surface area (Å²) in [6, 6.07) is 11.2. The van der Waals surface area contributed by atoms with Crippen molar-refractivity contribution in [2.75, 3.05) is 35.2 Å². The predicted molar refractivity (Wildman–Crippen MR) is 282 cm³/mol. The second-order valence-electron chi connectivity index (χ2n) is 16.6. The molecule has 0 aliphatic heterocycles. The molecule has 17 N–H and O–H groups in total. The fraction of sp³-hybridized carbons (Fsp3) is 0.289. The molecule has 6 rings (SSSR count). The Bertz CT molecular complexity index is 3290. The number of carboxylic acids is 1. The van der Waals surface area contributed by atoms with E-state index >= 15 is 0 Å². The Morgan fingerprint density at radius 1 is 0.705 bits per heavy atom. The number of aliphatic carboxylic acids is 1. The average molecular weight is 1120 g/mol. The van der Waals surface area contributed by atoms with Crippen LogP contribution in [-0.2, 0) is 50.9 Å². The maximum Gasteiger partial charge on any atom is 0.280 e. The Morgan fingerprint density at radius 3 is 1.63 bits per heavy atom. The zero-order valence-electron chi connectivity index (χ0n) is 41.3. The number of nitrogens with zero attached hydrogens (tertiary/aromatic N) is 6. The van der Waals surface area contributed by atoms with Gasteiger partial charge in [0.05, 0.1) is 12.4 Å². The number of H-pyrrole nitrogens is 2. The van der Waals surface area contributed by atoms with Crippen LogP contribution in [0.4, 0.5) is 23.5 Å². The van der Waals surface area contributed by atoms with E-state index in [2.05, 4.69) is 71.8 Å². The number of nitrogens with one attached hydrogen (secondary N) is 8. The maximum atomic E-state index is 12.7. The molecule has 6 aromatic rings. The molecule has 33 heteroatoms. The summed E-state index contributed by atoms with van der Waals surface area (Å²) in [5.41, 5.74) is 23.7. The molecule has 78 heavy (non-hydrogen) atoms. The summed E-state index contributed by atoms with van der Waals surface area (Å²) in [7, 11) is 0. The first-order valence-electron chi connectivity index (χ1n) is 23.3. The molecule has 0 saturated heterocycles. The molecular weight excluding hydrogens is 1070 g/mol. The third-order valence-corrected chi connectivity index (χ3v) is 11.9. The molecule has 2 atom stereocenters. The molecule has 0 saturated carbocycles. The second kappa shape index (κ2) is 27.5. The molecule has 0 radical (unpaired) electrons. The molecule has 2 unspecified atom stereocenters. The molecular formula is C45H54ClN18O13P. The van der Waals surface area contributed by atoms with Crippen LogP contribution in [0.2, 0.25) is 0 Å². The number of carbonyl (C=O) groups is 8. The number of amides is 4. The third kappa shape index (κ3) is 18.8. The van der Waals surface area contributed by atoms with E-state index in [-0.39, 0.29) is 78.7 Å². The molecule has 0 fully saturated rings. The number of hydrogen-bond acceptors (Lipinski definition) is 24. The third-order valence-electron chi connectivity index (χ3n) is 10.4. The van der Waals surface area contributed by atoms with Gasteiger partial charge < -0.3 is 32.5 Å². The van der Waals surface area contributed by atoms with Gasteiger partial charge in [0.15, 0.2) is 22.3 Å². The smallest absolute Gasteiger partial charge is 0.280 e. The van der Waals surface area contributed by atoms with Crippen molar-refractivity contribution in [3.63, 3.8) is 0 Å². The number of fused-ring (bicyclic) bond motifs is 2. The van der Waals surface area contributed by atoms with Gasteiger partial charge >= 0.3 is 176 Å². The van der Waals surface area contributed by atoms with E-state index in [1.165, 1.54) is 12.4 Å². The number of aromatic amines is 2. The van der Waals surface area contributed by atoms with Crippen LogP contribution in [0.15, 0.2) is 70.5 Å². The number of carboxylic acid groups (broad SMARTS) is 1. The number of hydrogen-bond donors (Lipinski definition) is 13. The summed E-state index contributed by atoms with van der Waals surface area (Å²) in [6.45, 7) is -2.92. The number of nitrogens with two attached hydrogens (primary N) is 4. The van der Waals surface area contributed by atoms with Crippen LogP contribution in [0.1, 0.15) is 77.3 Å². The molecule has 414 valence electrons. The zero-order valence-corrected chi connectivity index (χ0v) is 43.0. The topological polar surface area (TPSA) is 495 Å². The Kier molecular flexibility index (Phi) is 21.0. The number of anilines is 4. The van der Waals surface area contributed by atoms with Crippen molar-refractivity contribution in [2.24, 2.45) is 11.0 Å². The molecule has 2 aromatic carbocycles. The van der Waals surface area contributed by atoms with E-state index in [0.29, 0.717) is 49.3 Å². The van der Waals surface area contributed by atoms with Crippen LogP contribution >= 0.6 is 18.0 Å². The van der Waals surface area contributed by atoms with Crippen LogP contribution in [0, 0.1) is 0 Å². The normalized spacial score (nSPS) is 12.2. The number of carbonyl (C=O) groups excluding carboxylic acids is 7. The minimum Gasteiger partial charge on any atom is -0.291 e. The largest absolute Gasteiger partial charge is 0.291 e. The van der Waals surface area contributed by atoms with Crippen molar-refractivity contribution in [3.05, 3.63) is 104 Å². The first-order valence-corrected chi connectivity index (χ1v) is 26.4. The molecule has 31 nitrogen and oxygen atoms in total. The van der Waals surface area contributed by atoms with Crippen molar-refractivity contribution in [2.45, 2.75) is 70.6 Å². The first-order chi connectivity index (χ1) is 37.0. The van der Waals surface area contributed by atoms with Crippen LogP contribution in [0.3, 0.4) is 0 Å². The summed E-state index contributed by atoms with van der Waals surface area (Å²) < 4.78 is 9.46. The molecule has 4 heterocycles. The number of aromatic nitrogens is 8. The Labute approximate surface area is 445 Å². The number of nitrogen functional groups attached to an aromatic ring is 2. The minimum absolute atomic E-state index is 0.0180. The van der Waals surface area contributed by atoms with Gasteiger partial charge in [0.25, 0.3) is 17.0 Å². The van der Waals surface area contributed by atoms with Gasteiger partial charge in [-0.15, -0.1) is 0 Å². The standard InChI is InChI=1S/C26H33ClN11O9P.C19H21N7O4/c27-48(29,30,46-20(42)7-9-31-14-40)47-21(43)8-10-32-19(41)6-5-17(13-39)35-24(44)16-3-1-15(2-4-16)11-33-18-12-34-23-22(36-18)25(45)38-26(28)37-23;1-2-3-12(18(29)30)23-16(27)11-6-4-10(5-7-11)8-21-13-9-22-15-14(24-13)17(28)26-19(20)25-15/h1-4,12-14,17H,5-11,29-30H2,(H,31,40)(H,32,41)(H,33,36)(H,35,44)(H3,28,34,37,38,45);4-7,9,12H,2-3,8H2,1H3,(H,21,24)(H,23,27)(H,29,30)(H3,20,22,25,26,28). The van der Waals surface area contributed by atoms with Gasteiger partial charge in [-0.25, -0.2) is 24.7 Å². The summed E-state index contributed by atoms with van der Waals surface area (Å²) in [4.78, 5) is 147. The minimum atomic E-state index is -5.12. The number of halogens is 1. The van der Waals surface area contributed by atoms with Crippen molar-refractivity contribution in [3.8, 4) is 0 Å². The van der Waals surface area contributed by atoms with Gasteiger partial charge in [0.2, 0.25) is 11.9 Å². The summed E-state index contributed by atoms with van der Waals surface area (Å²) in [5.74, 6) is -4.07. The van der Waals surface area contributed by atoms with Crippen molar-refractivity contribution in [1.29, 1.82) is 0 Å². The van der Waals surface area contributed by atoms with Gasteiger partial charge in [-0.05, 0) is 41.8 Å². The van der Waals surface area contributed by atoms with Crippen LogP contribution < -0.4 is 65.5 Å². The van der Waals surface area contributed by atoms with E-state index in [1.807, 2.05) is 6.92 Å². The van der Waals surface area contributed by atoms with Gasteiger partial charge in [0, 0.05) is 18.7 Å². The zero-order chi connectivity index (χ0) is 57.0. The second-order valence-corrected chi connectivity index (χ2v) is 20.9.